The van der Waals surface area contributed by atoms with E-state index in [4.69, 9.17) is 9.47 Å². The summed E-state index contributed by atoms with van der Waals surface area (Å²) < 4.78 is 77.6. The molecule has 296 valence electrons. The van der Waals surface area contributed by atoms with E-state index in [0.717, 1.165) is 42.9 Å². The Hall–Kier alpha value is -2.84. The number of unbranched alkanes of at least 4 members (excludes halogenated alkanes) is 12. The molecule has 0 amide bonds. The van der Waals surface area contributed by atoms with E-state index in [-0.39, 0.29) is 49.2 Å². The molecule has 55 heavy (non-hydrogen) atoms. The molecule has 10 nitrogen and oxygen atoms in total. The van der Waals surface area contributed by atoms with Crippen LogP contribution in [-0.4, -0.2) is 68.8 Å². The van der Waals surface area contributed by atoms with E-state index in [1.54, 1.807) is 12.1 Å². The van der Waals surface area contributed by atoms with Gasteiger partial charge in [-0.2, -0.15) is 8.42 Å². The van der Waals surface area contributed by atoms with Crippen LogP contribution in [0.5, 0.6) is 34.5 Å². The van der Waals surface area contributed by atoms with Crippen LogP contribution >= 0.6 is 0 Å². The molecule has 13 heteroatoms. The molecule has 0 bridgehead atoms. The monoisotopic (exact) mass is 822 g/mol. The van der Waals surface area contributed by atoms with Crippen molar-refractivity contribution in [1.29, 1.82) is 0 Å². The zero-order valence-electron chi connectivity index (χ0n) is 32.1. The van der Waals surface area contributed by atoms with Gasteiger partial charge in [0.1, 0.15) is 33.1 Å². The van der Waals surface area contributed by atoms with E-state index in [9.17, 15) is 36.2 Å². The van der Waals surface area contributed by atoms with Gasteiger partial charge in [-0.05, 0) is 79.3 Å². The zero-order chi connectivity index (χ0) is 39.4. The third kappa shape index (κ3) is 17.9. The Bertz CT molecular complexity index is 1810. The van der Waals surface area contributed by atoms with Crippen molar-refractivity contribution in [2.75, 3.05) is 0 Å². The van der Waals surface area contributed by atoms with Crippen LogP contribution in [0.2, 0.25) is 0 Å². The fraction of sp³-hybridized carbons (Fsp3) is 0.429. The maximum Gasteiger partial charge on any atom is 2.00 e. The van der Waals surface area contributed by atoms with Crippen LogP contribution in [0, 0.1) is 0 Å². The van der Waals surface area contributed by atoms with Crippen molar-refractivity contribution >= 4 is 58.0 Å². The summed E-state index contributed by atoms with van der Waals surface area (Å²) in [5.41, 5.74) is 2.18. The van der Waals surface area contributed by atoms with Crippen LogP contribution in [0.25, 0.3) is 0 Å². The number of hydrogen-bond donors (Lipinski definition) is 2. The minimum absolute atomic E-state index is 0. The van der Waals surface area contributed by atoms with Crippen molar-refractivity contribution in [2.45, 2.75) is 126 Å². The Morgan fingerprint density at radius 1 is 0.564 bits per heavy atom. The van der Waals surface area contributed by atoms with Crippen LogP contribution in [0.3, 0.4) is 0 Å². The molecule has 0 aliphatic rings. The maximum absolute atomic E-state index is 11.8. The molecule has 0 spiro atoms. The Labute approximate surface area is 357 Å². The predicted octanol–water partition coefficient (Wildman–Crippen LogP) is 10.1. The Morgan fingerprint density at radius 3 is 1.40 bits per heavy atom. The minimum atomic E-state index is -4.91. The number of phenolic OH excluding ortho intramolecular Hbond substituents is 1. The molecule has 4 aromatic carbocycles. The number of hydrogen-bond acceptors (Lipinski definition) is 9. The van der Waals surface area contributed by atoms with Crippen molar-refractivity contribution in [1.82, 2.24) is 0 Å². The van der Waals surface area contributed by atoms with Crippen molar-refractivity contribution in [2.24, 2.45) is 0 Å². The molecule has 0 aromatic heterocycles. The van der Waals surface area contributed by atoms with Crippen molar-refractivity contribution in [3.63, 3.8) is 0 Å². The maximum atomic E-state index is 11.8. The van der Waals surface area contributed by atoms with E-state index >= 15 is 0 Å². The van der Waals surface area contributed by atoms with E-state index in [1.165, 1.54) is 107 Å². The minimum Gasteiger partial charge on any atom is -0.872 e. The SMILES string of the molecule is CCCCCCCCCc1cccc(Oc2cccc(O)c2S(=O)(=O)O)c1.CCCCCCCCCc1cccc(Oc2cccc([O-])c2S(=O)(=O)[O-])c1.[Ca+2]. The van der Waals surface area contributed by atoms with Gasteiger partial charge in [-0.3, -0.25) is 4.55 Å². The Kier molecular flexibility index (Phi) is 22.3. The number of benzene rings is 4. The fourth-order valence-electron chi connectivity index (χ4n) is 6.02. The Morgan fingerprint density at radius 2 is 0.964 bits per heavy atom. The van der Waals surface area contributed by atoms with Gasteiger partial charge in [-0.25, -0.2) is 8.42 Å². The van der Waals surface area contributed by atoms with Gasteiger partial charge in [-0.1, -0.05) is 139 Å². The summed E-state index contributed by atoms with van der Waals surface area (Å²) in [6.07, 6.45) is 19.1. The summed E-state index contributed by atoms with van der Waals surface area (Å²) >= 11 is 0. The summed E-state index contributed by atoms with van der Waals surface area (Å²) in [5, 5.41) is 21.5. The first kappa shape index (κ1) is 48.3. The summed E-state index contributed by atoms with van der Waals surface area (Å²) in [4.78, 5) is -1.47. The molecule has 0 heterocycles. The molecule has 0 saturated carbocycles. The number of aromatic hydroxyl groups is 1. The first-order chi connectivity index (χ1) is 25.8. The van der Waals surface area contributed by atoms with E-state index in [0.29, 0.717) is 11.5 Å². The molecule has 4 aromatic rings. The van der Waals surface area contributed by atoms with Gasteiger partial charge in [0, 0.05) is 0 Å². The number of aryl methyl sites for hydroxylation is 2. The van der Waals surface area contributed by atoms with E-state index in [1.807, 2.05) is 36.4 Å². The van der Waals surface area contributed by atoms with Crippen LogP contribution in [0.4, 0.5) is 0 Å². The van der Waals surface area contributed by atoms with Crippen molar-refractivity contribution in [3.05, 3.63) is 96.1 Å². The molecular formula is C42H54CaO10S2. The quantitative estimate of drug-likeness (QED) is 0.0441. The number of ether oxygens (including phenoxy) is 2. The molecule has 2 N–H and O–H groups in total. The molecule has 0 atom stereocenters. The van der Waals surface area contributed by atoms with Crippen LogP contribution in [0.1, 0.15) is 115 Å². The number of phenols is 1. The third-order valence-electron chi connectivity index (χ3n) is 8.80. The van der Waals surface area contributed by atoms with Crippen molar-refractivity contribution in [3.8, 4) is 34.5 Å². The average molecular weight is 823 g/mol. The van der Waals surface area contributed by atoms with E-state index < -0.39 is 41.5 Å². The second-order valence-electron chi connectivity index (χ2n) is 13.4. The fourth-order valence-corrected chi connectivity index (χ4v) is 7.39. The Balaban J connectivity index is 0.000000373. The van der Waals surface area contributed by atoms with Gasteiger partial charge in [0.05, 0.1) is 4.90 Å². The topological polar surface area (TPSA) is 173 Å². The summed E-state index contributed by atoms with van der Waals surface area (Å²) in [7, 11) is -9.51. The van der Waals surface area contributed by atoms with Crippen LogP contribution in [0.15, 0.2) is 94.7 Å². The van der Waals surface area contributed by atoms with Gasteiger partial charge < -0.3 is 24.2 Å². The first-order valence-electron chi connectivity index (χ1n) is 18.9. The van der Waals surface area contributed by atoms with Crippen LogP contribution < -0.4 is 14.6 Å². The second kappa shape index (κ2) is 25.4. The molecule has 0 fully saturated rings. The second-order valence-corrected chi connectivity index (χ2v) is 16.0. The van der Waals surface area contributed by atoms with Crippen molar-refractivity contribution < 1.29 is 45.6 Å². The average Bonchev–Trinajstić information content (AvgIpc) is 3.10. The summed E-state index contributed by atoms with van der Waals surface area (Å²) in [5.74, 6) is -0.871. The molecule has 0 saturated heterocycles. The normalized spacial score (nSPS) is 11.3. The number of rotatable bonds is 22. The smallest absolute Gasteiger partial charge is 0.872 e. The van der Waals surface area contributed by atoms with Gasteiger partial charge in [-0.15, -0.1) is 0 Å². The van der Waals surface area contributed by atoms with Gasteiger partial charge >= 0.3 is 47.9 Å². The molecule has 0 aliphatic carbocycles. The first-order valence-corrected chi connectivity index (χ1v) is 21.8. The predicted molar refractivity (Wildman–Crippen MR) is 214 cm³/mol. The largest absolute Gasteiger partial charge is 2.00 e. The molecule has 4 rings (SSSR count). The zero-order valence-corrected chi connectivity index (χ0v) is 35.9. The van der Waals surface area contributed by atoms with Crippen LogP contribution in [-0.2, 0) is 33.1 Å². The molecule has 0 radical (unpaired) electrons. The molecular weight excluding hydrogens is 769 g/mol. The molecule has 0 aliphatic heterocycles. The van der Waals surface area contributed by atoms with Gasteiger partial charge in [0.2, 0.25) is 0 Å². The molecule has 0 unspecified atom stereocenters. The van der Waals surface area contributed by atoms with Gasteiger partial charge in [0.25, 0.3) is 0 Å². The third-order valence-corrected chi connectivity index (χ3v) is 10.6. The summed E-state index contributed by atoms with van der Waals surface area (Å²) in [6.45, 7) is 4.42. The standard InChI is InChI=1S/2C21H28O5S.Ca/c2*1-2-3-4-5-6-7-8-11-17-12-9-13-18(16-17)26-20-15-10-14-19(22)21(20)27(23,24)25;/h2*9-10,12-16,22H,2-8,11H2,1H3,(H,23,24,25);/q;;+2/p-2. The van der Waals surface area contributed by atoms with E-state index in [2.05, 4.69) is 13.8 Å². The summed E-state index contributed by atoms with van der Waals surface area (Å²) in [6, 6.07) is 22.5. The van der Waals surface area contributed by atoms with Gasteiger partial charge in [0.15, 0.2) is 10.6 Å².